The molecule has 1 aliphatic rings. The first kappa shape index (κ1) is 23.4. The standard InChI is InChI=1S/C25H32N2O5/c1-30-21-8-6-18(7-9-21)5-4-12-26-24(28)19-10-13-27(14-11-19)25(29)20-15-22(31-2)17-23(16-20)32-3/h6-9,15-17,19H,4-5,10-14H2,1-3H3,(H,26,28). The molecule has 0 atom stereocenters. The summed E-state index contributed by atoms with van der Waals surface area (Å²) in [6.45, 7) is 1.76. The molecule has 1 N–H and O–H groups in total. The fraction of sp³-hybridized carbons (Fsp3) is 0.440. The van der Waals surface area contributed by atoms with E-state index >= 15 is 0 Å². The lowest BCUT2D eigenvalue weighted by Gasteiger charge is -2.31. The van der Waals surface area contributed by atoms with Crippen molar-refractivity contribution in [2.45, 2.75) is 25.7 Å². The molecule has 0 radical (unpaired) electrons. The Balaban J connectivity index is 1.42. The van der Waals surface area contributed by atoms with Crippen molar-refractivity contribution in [3.63, 3.8) is 0 Å². The third-order valence-electron chi connectivity index (χ3n) is 5.85. The minimum Gasteiger partial charge on any atom is -0.497 e. The van der Waals surface area contributed by atoms with Gasteiger partial charge in [0.1, 0.15) is 17.2 Å². The average molecular weight is 441 g/mol. The number of benzene rings is 2. The Hall–Kier alpha value is -3.22. The number of methoxy groups -OCH3 is 3. The summed E-state index contributed by atoms with van der Waals surface area (Å²) in [6, 6.07) is 13.2. The van der Waals surface area contributed by atoms with Crippen molar-refractivity contribution in [2.75, 3.05) is 41.0 Å². The van der Waals surface area contributed by atoms with Gasteiger partial charge < -0.3 is 24.4 Å². The normalized spacial score (nSPS) is 14.0. The minimum absolute atomic E-state index is 0.0557. The van der Waals surface area contributed by atoms with E-state index in [1.54, 1.807) is 44.4 Å². The Morgan fingerprint density at radius 3 is 2.06 bits per heavy atom. The monoisotopic (exact) mass is 440 g/mol. The molecule has 172 valence electrons. The van der Waals surface area contributed by atoms with Gasteiger partial charge in [0, 0.05) is 37.2 Å². The number of hydrogen-bond donors (Lipinski definition) is 1. The maximum atomic E-state index is 12.9. The molecular formula is C25H32N2O5. The quantitative estimate of drug-likeness (QED) is 0.606. The number of rotatable bonds is 9. The van der Waals surface area contributed by atoms with Crippen LogP contribution in [0.1, 0.15) is 35.2 Å². The Bertz CT molecular complexity index is 883. The summed E-state index contributed by atoms with van der Waals surface area (Å²) in [6.07, 6.45) is 3.11. The molecular weight excluding hydrogens is 408 g/mol. The summed E-state index contributed by atoms with van der Waals surface area (Å²) in [5.74, 6) is 1.96. The van der Waals surface area contributed by atoms with Gasteiger partial charge >= 0.3 is 0 Å². The van der Waals surface area contributed by atoms with Crippen molar-refractivity contribution in [1.29, 1.82) is 0 Å². The van der Waals surface area contributed by atoms with E-state index in [0.717, 1.165) is 18.6 Å². The smallest absolute Gasteiger partial charge is 0.254 e. The van der Waals surface area contributed by atoms with Crippen molar-refractivity contribution in [3.05, 3.63) is 53.6 Å². The number of ether oxygens (including phenoxy) is 3. The number of nitrogens with one attached hydrogen (secondary N) is 1. The molecule has 7 heteroatoms. The SMILES string of the molecule is COc1ccc(CCCNC(=O)C2CCN(C(=O)c3cc(OC)cc(OC)c3)CC2)cc1. The van der Waals surface area contributed by atoms with Crippen LogP contribution in [0.2, 0.25) is 0 Å². The number of piperidine rings is 1. The number of likely N-dealkylation sites (tertiary alicyclic amines) is 1. The van der Waals surface area contributed by atoms with Gasteiger partial charge in [0.2, 0.25) is 5.91 Å². The lowest BCUT2D eigenvalue weighted by molar-refractivity contribution is -0.126. The fourth-order valence-electron chi connectivity index (χ4n) is 3.90. The highest BCUT2D eigenvalue weighted by molar-refractivity contribution is 5.95. The number of carbonyl (C=O) groups excluding carboxylic acids is 2. The molecule has 2 aromatic carbocycles. The Labute approximate surface area is 189 Å². The Morgan fingerprint density at radius 1 is 0.906 bits per heavy atom. The molecule has 7 nitrogen and oxygen atoms in total. The van der Waals surface area contributed by atoms with Crippen molar-refractivity contribution in [1.82, 2.24) is 10.2 Å². The molecule has 0 spiro atoms. The van der Waals surface area contributed by atoms with Gasteiger partial charge in [-0.15, -0.1) is 0 Å². The largest absolute Gasteiger partial charge is 0.497 e. The Kier molecular flexibility index (Phi) is 8.36. The van der Waals surface area contributed by atoms with Crippen molar-refractivity contribution in [2.24, 2.45) is 5.92 Å². The zero-order valence-electron chi connectivity index (χ0n) is 19.1. The number of nitrogens with zero attached hydrogens (tertiary/aromatic N) is 1. The van der Waals surface area contributed by atoms with E-state index in [1.165, 1.54) is 5.56 Å². The van der Waals surface area contributed by atoms with Gasteiger partial charge in [0.05, 0.1) is 21.3 Å². The lowest BCUT2D eigenvalue weighted by Crippen LogP contribution is -2.43. The highest BCUT2D eigenvalue weighted by Gasteiger charge is 2.28. The van der Waals surface area contributed by atoms with Crippen LogP contribution in [0.3, 0.4) is 0 Å². The second-order valence-electron chi connectivity index (χ2n) is 7.91. The number of amides is 2. The Morgan fingerprint density at radius 2 is 1.50 bits per heavy atom. The van der Waals surface area contributed by atoms with Crippen LogP contribution in [0, 0.1) is 5.92 Å². The van der Waals surface area contributed by atoms with E-state index in [1.807, 2.05) is 24.3 Å². The zero-order valence-corrected chi connectivity index (χ0v) is 19.1. The molecule has 0 saturated carbocycles. The topological polar surface area (TPSA) is 77.1 Å². The second-order valence-corrected chi connectivity index (χ2v) is 7.91. The van der Waals surface area contributed by atoms with Crippen LogP contribution in [0.25, 0.3) is 0 Å². The van der Waals surface area contributed by atoms with Gasteiger partial charge in [0.25, 0.3) is 5.91 Å². The number of hydrogen-bond acceptors (Lipinski definition) is 5. The van der Waals surface area contributed by atoms with Gasteiger partial charge in [-0.25, -0.2) is 0 Å². The number of aryl methyl sites for hydroxylation is 1. The predicted octanol–water partition coefficient (Wildman–Crippen LogP) is 3.31. The first-order valence-corrected chi connectivity index (χ1v) is 11.0. The molecule has 1 saturated heterocycles. The molecule has 2 amide bonds. The molecule has 32 heavy (non-hydrogen) atoms. The molecule has 1 fully saturated rings. The van der Waals surface area contributed by atoms with Crippen LogP contribution < -0.4 is 19.5 Å². The summed E-state index contributed by atoms with van der Waals surface area (Å²) < 4.78 is 15.7. The van der Waals surface area contributed by atoms with E-state index in [-0.39, 0.29) is 17.7 Å². The van der Waals surface area contributed by atoms with E-state index in [0.29, 0.717) is 49.5 Å². The van der Waals surface area contributed by atoms with Gasteiger partial charge in [0.15, 0.2) is 0 Å². The highest BCUT2D eigenvalue weighted by Crippen LogP contribution is 2.25. The van der Waals surface area contributed by atoms with Gasteiger partial charge in [-0.1, -0.05) is 12.1 Å². The van der Waals surface area contributed by atoms with Crippen molar-refractivity contribution < 1.29 is 23.8 Å². The summed E-state index contributed by atoms with van der Waals surface area (Å²) in [7, 11) is 4.77. The molecule has 0 aliphatic carbocycles. The molecule has 0 bridgehead atoms. The molecule has 1 heterocycles. The van der Waals surface area contributed by atoms with Crippen LogP contribution in [0.4, 0.5) is 0 Å². The average Bonchev–Trinajstić information content (AvgIpc) is 2.86. The predicted molar refractivity (Wildman–Crippen MR) is 122 cm³/mol. The van der Waals surface area contributed by atoms with Gasteiger partial charge in [-0.05, 0) is 55.5 Å². The van der Waals surface area contributed by atoms with Crippen LogP contribution in [-0.4, -0.2) is 57.7 Å². The maximum absolute atomic E-state index is 12.9. The second kappa shape index (κ2) is 11.4. The van der Waals surface area contributed by atoms with Crippen molar-refractivity contribution in [3.8, 4) is 17.2 Å². The molecule has 0 aromatic heterocycles. The minimum atomic E-state index is -0.0689. The maximum Gasteiger partial charge on any atom is 0.254 e. The van der Waals surface area contributed by atoms with Crippen LogP contribution in [-0.2, 0) is 11.2 Å². The van der Waals surface area contributed by atoms with Gasteiger partial charge in [-0.3, -0.25) is 9.59 Å². The summed E-state index contributed by atoms with van der Waals surface area (Å²) in [5, 5.41) is 3.05. The van der Waals surface area contributed by atoms with Crippen LogP contribution in [0.5, 0.6) is 17.2 Å². The summed E-state index contributed by atoms with van der Waals surface area (Å²) in [5.41, 5.74) is 1.75. The fourth-order valence-corrected chi connectivity index (χ4v) is 3.90. The van der Waals surface area contributed by atoms with Crippen LogP contribution >= 0.6 is 0 Å². The molecule has 0 unspecified atom stereocenters. The zero-order chi connectivity index (χ0) is 22.9. The number of carbonyl (C=O) groups is 2. The summed E-state index contributed by atoms with van der Waals surface area (Å²) in [4.78, 5) is 27.2. The van der Waals surface area contributed by atoms with E-state index in [2.05, 4.69) is 5.32 Å². The molecule has 3 rings (SSSR count). The highest BCUT2D eigenvalue weighted by atomic mass is 16.5. The third kappa shape index (κ3) is 6.15. The van der Waals surface area contributed by atoms with E-state index < -0.39 is 0 Å². The van der Waals surface area contributed by atoms with Crippen molar-refractivity contribution >= 4 is 11.8 Å². The first-order chi connectivity index (χ1) is 15.5. The van der Waals surface area contributed by atoms with Crippen LogP contribution in [0.15, 0.2) is 42.5 Å². The molecule has 1 aliphatic heterocycles. The lowest BCUT2D eigenvalue weighted by atomic mass is 9.95. The third-order valence-corrected chi connectivity index (χ3v) is 5.85. The van der Waals surface area contributed by atoms with Gasteiger partial charge in [-0.2, -0.15) is 0 Å². The van der Waals surface area contributed by atoms with E-state index in [4.69, 9.17) is 14.2 Å². The molecule has 2 aromatic rings. The van der Waals surface area contributed by atoms with E-state index in [9.17, 15) is 9.59 Å². The first-order valence-electron chi connectivity index (χ1n) is 11.0. The summed E-state index contributed by atoms with van der Waals surface area (Å²) >= 11 is 0.